The maximum Gasteiger partial charge on any atom is 0.259 e. The molecule has 2 aromatic carbocycles. The molecule has 124 valence electrons. The Hall–Kier alpha value is -3.59. The van der Waals surface area contributed by atoms with Crippen molar-refractivity contribution in [2.24, 2.45) is 0 Å². The van der Waals surface area contributed by atoms with Crippen molar-refractivity contribution in [3.05, 3.63) is 72.1 Å². The minimum absolute atomic E-state index is 0.0103. The number of benzene rings is 2. The van der Waals surface area contributed by atoms with E-state index in [4.69, 9.17) is 10.00 Å². The first-order chi connectivity index (χ1) is 12.2. The Morgan fingerprint density at radius 3 is 2.60 bits per heavy atom. The summed E-state index contributed by atoms with van der Waals surface area (Å²) < 4.78 is 6.91. The number of carbonyl (C=O) groups excluding carboxylic acids is 1. The van der Waals surface area contributed by atoms with Crippen molar-refractivity contribution in [3.63, 3.8) is 0 Å². The molecule has 0 aliphatic carbocycles. The molecule has 0 aliphatic heterocycles. The highest BCUT2D eigenvalue weighted by Crippen LogP contribution is 2.18. The second kappa shape index (κ2) is 7.32. The Labute approximate surface area is 145 Å². The third kappa shape index (κ3) is 3.67. The Morgan fingerprint density at radius 2 is 1.92 bits per heavy atom. The first kappa shape index (κ1) is 16.3. The fraction of sp³-hybridized carbons (Fsp3) is 0.105. The summed E-state index contributed by atoms with van der Waals surface area (Å²) in [6, 6.07) is 18.4. The lowest BCUT2D eigenvalue weighted by molar-refractivity contribution is 0.102. The molecule has 0 radical (unpaired) electrons. The van der Waals surface area contributed by atoms with E-state index in [1.165, 1.54) is 0 Å². The number of amides is 1. The van der Waals surface area contributed by atoms with Crippen molar-refractivity contribution in [1.29, 1.82) is 5.26 Å². The van der Waals surface area contributed by atoms with Crippen LogP contribution in [0, 0.1) is 18.3 Å². The Balaban J connectivity index is 1.74. The molecule has 3 aromatic rings. The third-order valence-electron chi connectivity index (χ3n) is 3.67. The highest BCUT2D eigenvalue weighted by Gasteiger charge is 2.15. The second-order valence-corrected chi connectivity index (χ2v) is 5.32. The second-order valence-electron chi connectivity index (χ2n) is 5.32. The average molecular weight is 332 g/mol. The van der Waals surface area contributed by atoms with Gasteiger partial charge in [0.25, 0.3) is 5.91 Å². The number of rotatable bonds is 5. The summed E-state index contributed by atoms with van der Waals surface area (Å²) in [4.78, 5) is 12.5. The van der Waals surface area contributed by atoms with E-state index < -0.39 is 0 Å². The Kier molecular flexibility index (Phi) is 4.77. The summed E-state index contributed by atoms with van der Waals surface area (Å²) in [7, 11) is 0. The van der Waals surface area contributed by atoms with E-state index in [0.29, 0.717) is 17.0 Å². The summed E-state index contributed by atoms with van der Waals surface area (Å²) in [5, 5.41) is 15.6. The third-order valence-corrected chi connectivity index (χ3v) is 3.67. The number of nitrogens with zero attached hydrogens (tertiary/aromatic N) is 3. The van der Waals surface area contributed by atoms with Crippen LogP contribution in [0.25, 0.3) is 5.69 Å². The van der Waals surface area contributed by atoms with Crippen LogP contribution in [0.1, 0.15) is 16.1 Å². The molecule has 0 spiro atoms. The standard InChI is InChI=1S/C19H16N4O2/c1-14-18(13-21-23(14)16-5-3-2-4-6-16)19(24)22-15-7-9-17(10-8-15)25-12-11-20/h2-10,13H,12H2,1H3,(H,22,24). The van der Waals surface area contributed by atoms with Crippen LogP contribution >= 0.6 is 0 Å². The van der Waals surface area contributed by atoms with E-state index in [0.717, 1.165) is 11.4 Å². The van der Waals surface area contributed by atoms with E-state index in [1.807, 2.05) is 43.3 Å². The van der Waals surface area contributed by atoms with Crippen molar-refractivity contribution in [2.75, 3.05) is 11.9 Å². The van der Waals surface area contributed by atoms with Crippen molar-refractivity contribution >= 4 is 11.6 Å². The van der Waals surface area contributed by atoms with Gasteiger partial charge in [-0.25, -0.2) is 4.68 Å². The molecule has 25 heavy (non-hydrogen) atoms. The van der Waals surface area contributed by atoms with E-state index >= 15 is 0 Å². The van der Waals surface area contributed by atoms with Crippen LogP contribution in [0.3, 0.4) is 0 Å². The SMILES string of the molecule is Cc1c(C(=O)Nc2ccc(OCC#N)cc2)cnn1-c1ccccc1. The van der Waals surface area contributed by atoms with Gasteiger partial charge in [-0.05, 0) is 43.3 Å². The van der Waals surface area contributed by atoms with Crippen molar-refractivity contribution in [2.45, 2.75) is 6.92 Å². The van der Waals surface area contributed by atoms with E-state index in [1.54, 1.807) is 35.1 Å². The molecule has 0 atom stereocenters. The highest BCUT2D eigenvalue weighted by atomic mass is 16.5. The van der Waals surface area contributed by atoms with Gasteiger partial charge in [-0.2, -0.15) is 10.4 Å². The first-order valence-corrected chi connectivity index (χ1v) is 7.70. The molecule has 6 nitrogen and oxygen atoms in total. The zero-order valence-corrected chi connectivity index (χ0v) is 13.6. The van der Waals surface area contributed by atoms with Crippen LogP contribution in [0.4, 0.5) is 5.69 Å². The van der Waals surface area contributed by atoms with E-state index in [9.17, 15) is 4.79 Å². The largest absolute Gasteiger partial charge is 0.479 e. The first-order valence-electron chi connectivity index (χ1n) is 7.70. The Bertz CT molecular complexity index is 909. The van der Waals surface area contributed by atoms with Gasteiger partial charge in [-0.15, -0.1) is 0 Å². The average Bonchev–Trinajstić information content (AvgIpc) is 3.03. The number of nitrogens with one attached hydrogen (secondary N) is 1. The predicted octanol–water partition coefficient (Wildman–Crippen LogP) is 3.34. The molecule has 0 bridgehead atoms. The molecule has 0 aliphatic rings. The minimum atomic E-state index is -0.231. The number of ether oxygens (including phenoxy) is 1. The fourth-order valence-corrected chi connectivity index (χ4v) is 2.41. The molecule has 0 saturated carbocycles. The van der Waals surface area contributed by atoms with Crippen molar-refractivity contribution in [1.82, 2.24) is 9.78 Å². The minimum Gasteiger partial charge on any atom is -0.479 e. The molecule has 0 unspecified atom stereocenters. The maximum atomic E-state index is 12.5. The number of anilines is 1. The molecular weight excluding hydrogens is 316 g/mol. The summed E-state index contributed by atoms with van der Waals surface area (Å²) >= 11 is 0. The molecule has 1 aromatic heterocycles. The van der Waals surface area contributed by atoms with Crippen LogP contribution in [0.15, 0.2) is 60.8 Å². The summed E-state index contributed by atoms with van der Waals surface area (Å²) in [5.74, 6) is 0.345. The number of carbonyl (C=O) groups is 1. The van der Waals surface area contributed by atoms with Crippen LogP contribution < -0.4 is 10.1 Å². The molecule has 1 amide bonds. The smallest absolute Gasteiger partial charge is 0.259 e. The zero-order chi connectivity index (χ0) is 17.6. The highest BCUT2D eigenvalue weighted by molar-refractivity contribution is 6.05. The quantitative estimate of drug-likeness (QED) is 0.777. The summed E-state index contributed by atoms with van der Waals surface area (Å²) in [6.07, 6.45) is 1.56. The zero-order valence-electron chi connectivity index (χ0n) is 13.6. The van der Waals surface area contributed by atoms with Gasteiger partial charge in [0.05, 0.1) is 23.1 Å². The van der Waals surface area contributed by atoms with Gasteiger partial charge in [-0.1, -0.05) is 18.2 Å². The summed E-state index contributed by atoms with van der Waals surface area (Å²) in [5.41, 5.74) is 2.81. The van der Waals surface area contributed by atoms with Crippen LogP contribution in [-0.4, -0.2) is 22.3 Å². The molecule has 3 rings (SSSR count). The lowest BCUT2D eigenvalue weighted by Crippen LogP contribution is -2.13. The molecule has 1 N–H and O–H groups in total. The van der Waals surface area contributed by atoms with Gasteiger partial charge in [0.15, 0.2) is 6.61 Å². The normalized spacial score (nSPS) is 10.1. The monoisotopic (exact) mass is 332 g/mol. The molecular formula is C19H16N4O2. The fourth-order valence-electron chi connectivity index (χ4n) is 2.41. The van der Waals surface area contributed by atoms with Gasteiger partial charge in [0, 0.05) is 5.69 Å². The molecule has 0 fully saturated rings. The molecule has 6 heteroatoms. The number of nitriles is 1. The van der Waals surface area contributed by atoms with Crippen LogP contribution in [0.5, 0.6) is 5.75 Å². The van der Waals surface area contributed by atoms with E-state index in [2.05, 4.69) is 10.4 Å². The lowest BCUT2D eigenvalue weighted by Gasteiger charge is -2.07. The predicted molar refractivity (Wildman–Crippen MR) is 93.8 cm³/mol. The van der Waals surface area contributed by atoms with Gasteiger partial charge < -0.3 is 10.1 Å². The Morgan fingerprint density at radius 1 is 1.20 bits per heavy atom. The molecule has 0 saturated heterocycles. The number of aromatic nitrogens is 2. The van der Waals surface area contributed by atoms with Gasteiger partial charge in [0.1, 0.15) is 11.8 Å². The van der Waals surface area contributed by atoms with E-state index in [-0.39, 0.29) is 12.5 Å². The molecule has 1 heterocycles. The van der Waals surface area contributed by atoms with Crippen LogP contribution in [-0.2, 0) is 0 Å². The van der Waals surface area contributed by atoms with Crippen molar-refractivity contribution in [3.8, 4) is 17.5 Å². The number of hydrogen-bond acceptors (Lipinski definition) is 4. The van der Waals surface area contributed by atoms with Crippen LogP contribution in [0.2, 0.25) is 0 Å². The van der Waals surface area contributed by atoms with Gasteiger partial charge in [-0.3, -0.25) is 4.79 Å². The lowest BCUT2D eigenvalue weighted by atomic mass is 10.2. The topological polar surface area (TPSA) is 79.9 Å². The summed E-state index contributed by atoms with van der Waals surface area (Å²) in [6.45, 7) is 1.84. The van der Waals surface area contributed by atoms with Gasteiger partial charge >= 0.3 is 0 Å². The van der Waals surface area contributed by atoms with Crippen molar-refractivity contribution < 1.29 is 9.53 Å². The number of hydrogen-bond donors (Lipinski definition) is 1. The maximum absolute atomic E-state index is 12.5. The number of para-hydroxylation sites is 1. The van der Waals surface area contributed by atoms with Gasteiger partial charge in [0.2, 0.25) is 0 Å².